The molecule has 86 valence electrons. The Morgan fingerprint density at radius 3 is 2.81 bits per heavy atom. The van der Waals surface area contributed by atoms with Gasteiger partial charge in [0.05, 0.1) is 23.3 Å². The average Bonchev–Trinajstić information content (AvgIpc) is 2.65. The van der Waals surface area contributed by atoms with Crippen LogP contribution < -0.4 is 5.73 Å². The molecule has 2 unspecified atom stereocenters. The number of hydrogen-bond donors (Lipinski definition) is 2. The molecule has 6 heteroatoms. The van der Waals surface area contributed by atoms with Crippen LogP contribution in [0.25, 0.3) is 11.0 Å². The van der Waals surface area contributed by atoms with Crippen molar-refractivity contribution in [3.63, 3.8) is 0 Å². The van der Waals surface area contributed by atoms with Crippen molar-refractivity contribution in [1.29, 1.82) is 0 Å². The van der Waals surface area contributed by atoms with E-state index >= 15 is 0 Å². The number of fused-ring (bicyclic) bond motifs is 1. The first kappa shape index (κ1) is 11.0. The van der Waals surface area contributed by atoms with E-state index in [4.69, 9.17) is 5.73 Å². The summed E-state index contributed by atoms with van der Waals surface area (Å²) >= 11 is 0. The van der Waals surface area contributed by atoms with Crippen molar-refractivity contribution in [3.8, 4) is 0 Å². The Kier molecular flexibility index (Phi) is 2.61. The Bertz CT molecular complexity index is 525. The molecule has 2 rings (SSSR count). The molecule has 0 aliphatic carbocycles. The van der Waals surface area contributed by atoms with Crippen molar-refractivity contribution in [2.75, 3.05) is 0 Å². The van der Waals surface area contributed by atoms with E-state index < -0.39 is 29.3 Å². The van der Waals surface area contributed by atoms with Gasteiger partial charge in [0.2, 0.25) is 0 Å². The summed E-state index contributed by atoms with van der Waals surface area (Å²) in [6, 6.07) is 0.202. The van der Waals surface area contributed by atoms with Crippen LogP contribution in [0.1, 0.15) is 18.6 Å². The first-order chi connectivity index (χ1) is 7.52. The Hall–Kier alpha value is -1.53. The molecule has 0 aliphatic heterocycles. The number of aliphatic hydroxyl groups excluding tert-OH is 1. The number of rotatable bonds is 2. The van der Waals surface area contributed by atoms with Crippen molar-refractivity contribution in [2.24, 2.45) is 5.73 Å². The van der Waals surface area contributed by atoms with Crippen molar-refractivity contribution in [2.45, 2.75) is 19.1 Å². The normalized spacial score (nSPS) is 15.3. The highest BCUT2D eigenvalue weighted by Gasteiger charge is 2.24. The average molecular weight is 228 g/mol. The second-order valence-corrected chi connectivity index (χ2v) is 3.63. The fourth-order valence-electron chi connectivity index (χ4n) is 1.49. The van der Waals surface area contributed by atoms with Gasteiger partial charge < -0.3 is 15.4 Å². The molecule has 3 N–H and O–H groups in total. The smallest absolute Gasteiger partial charge is 0.172 e. The molecular formula is C10H10F2N2O2. The van der Waals surface area contributed by atoms with Gasteiger partial charge in [0.1, 0.15) is 11.6 Å². The number of hydrogen-bond acceptors (Lipinski definition) is 4. The van der Waals surface area contributed by atoms with Crippen LogP contribution in [0.15, 0.2) is 16.8 Å². The van der Waals surface area contributed by atoms with Gasteiger partial charge in [-0.1, -0.05) is 5.16 Å². The van der Waals surface area contributed by atoms with Crippen molar-refractivity contribution in [3.05, 3.63) is 29.5 Å². The van der Waals surface area contributed by atoms with Crippen LogP contribution in [0.5, 0.6) is 0 Å². The lowest BCUT2D eigenvalue weighted by molar-refractivity contribution is 0.144. The van der Waals surface area contributed by atoms with Crippen molar-refractivity contribution < 1.29 is 18.4 Å². The van der Waals surface area contributed by atoms with Gasteiger partial charge in [0.25, 0.3) is 0 Å². The molecule has 0 bridgehead atoms. The minimum atomic E-state index is -1.40. The standard InChI is InChI=1S/C10H10F2N2O2/c1-4(13)10(15)8-6(11)2-7-5(9(8)12)3-14-16-7/h2-4,10,15H,13H2,1H3. The molecule has 0 aliphatic rings. The van der Waals surface area contributed by atoms with Crippen LogP contribution in [0.2, 0.25) is 0 Å². The fourth-order valence-corrected chi connectivity index (χ4v) is 1.49. The summed E-state index contributed by atoms with van der Waals surface area (Å²) < 4.78 is 32.0. The van der Waals surface area contributed by atoms with Crippen molar-refractivity contribution in [1.82, 2.24) is 5.16 Å². The summed E-state index contributed by atoms with van der Waals surface area (Å²) in [5, 5.41) is 13.0. The van der Waals surface area contributed by atoms with Crippen LogP contribution in [0.3, 0.4) is 0 Å². The second-order valence-electron chi connectivity index (χ2n) is 3.63. The largest absolute Gasteiger partial charge is 0.387 e. The van der Waals surface area contributed by atoms with E-state index in [1.54, 1.807) is 0 Å². The van der Waals surface area contributed by atoms with Gasteiger partial charge >= 0.3 is 0 Å². The van der Waals surface area contributed by atoms with Crippen molar-refractivity contribution >= 4 is 11.0 Å². The summed E-state index contributed by atoms with van der Waals surface area (Å²) in [4.78, 5) is 0. The van der Waals surface area contributed by atoms with Gasteiger partial charge in [-0.05, 0) is 6.92 Å². The zero-order valence-corrected chi connectivity index (χ0v) is 8.45. The summed E-state index contributed by atoms with van der Waals surface area (Å²) in [6.45, 7) is 1.46. The van der Waals surface area contributed by atoms with Gasteiger partial charge in [-0.15, -0.1) is 0 Å². The van der Waals surface area contributed by atoms with Crippen LogP contribution in [0, 0.1) is 11.6 Å². The summed E-state index contributed by atoms with van der Waals surface area (Å²) in [5.41, 5.74) is 4.95. The molecule has 0 saturated heterocycles. The van der Waals surface area contributed by atoms with Gasteiger partial charge in [0.15, 0.2) is 5.58 Å². The van der Waals surface area contributed by atoms with Crippen LogP contribution in [0.4, 0.5) is 8.78 Å². The highest BCUT2D eigenvalue weighted by atomic mass is 19.1. The molecule has 0 fully saturated rings. The second kappa shape index (κ2) is 3.80. The molecule has 4 nitrogen and oxygen atoms in total. The molecule has 0 radical (unpaired) electrons. The molecule has 2 atom stereocenters. The Morgan fingerprint density at radius 2 is 2.19 bits per heavy atom. The number of nitrogens with two attached hydrogens (primary N) is 1. The molecule has 0 saturated carbocycles. The van der Waals surface area contributed by atoms with E-state index in [1.807, 2.05) is 0 Å². The van der Waals surface area contributed by atoms with Crippen LogP contribution in [-0.4, -0.2) is 16.3 Å². The highest BCUT2D eigenvalue weighted by molar-refractivity contribution is 5.77. The quantitative estimate of drug-likeness (QED) is 0.816. The number of aliphatic hydroxyl groups is 1. The lowest BCUT2D eigenvalue weighted by atomic mass is 10.0. The molecule has 0 spiro atoms. The lowest BCUT2D eigenvalue weighted by Gasteiger charge is -2.16. The first-order valence-electron chi connectivity index (χ1n) is 4.68. The van der Waals surface area contributed by atoms with Gasteiger partial charge in [0, 0.05) is 12.1 Å². The zero-order valence-electron chi connectivity index (χ0n) is 8.45. The number of benzene rings is 1. The molecule has 1 aromatic heterocycles. The number of nitrogens with zero attached hydrogens (tertiary/aromatic N) is 1. The third-order valence-corrected chi connectivity index (χ3v) is 2.38. The lowest BCUT2D eigenvalue weighted by Crippen LogP contribution is -2.26. The molecule has 1 heterocycles. The summed E-state index contributed by atoms with van der Waals surface area (Å²) in [5.74, 6) is -1.78. The molecule has 1 aromatic carbocycles. The third kappa shape index (κ3) is 1.56. The van der Waals surface area contributed by atoms with E-state index in [1.165, 1.54) is 6.92 Å². The van der Waals surface area contributed by atoms with E-state index in [2.05, 4.69) is 9.68 Å². The van der Waals surface area contributed by atoms with Crippen LogP contribution >= 0.6 is 0 Å². The van der Waals surface area contributed by atoms with E-state index in [0.717, 1.165) is 12.3 Å². The Morgan fingerprint density at radius 1 is 1.50 bits per heavy atom. The minimum absolute atomic E-state index is 0.00405. The highest BCUT2D eigenvalue weighted by Crippen LogP contribution is 2.29. The fraction of sp³-hybridized carbons (Fsp3) is 0.300. The number of halogens is 2. The van der Waals surface area contributed by atoms with Gasteiger partial charge in [-0.2, -0.15) is 0 Å². The monoisotopic (exact) mass is 228 g/mol. The molecule has 0 amide bonds. The SMILES string of the molecule is CC(N)C(O)c1c(F)cc2oncc2c1F. The first-order valence-corrected chi connectivity index (χ1v) is 4.68. The predicted molar refractivity (Wildman–Crippen MR) is 52.5 cm³/mol. The van der Waals surface area contributed by atoms with E-state index in [9.17, 15) is 13.9 Å². The molecule has 16 heavy (non-hydrogen) atoms. The maximum Gasteiger partial charge on any atom is 0.172 e. The minimum Gasteiger partial charge on any atom is -0.387 e. The molecular weight excluding hydrogens is 218 g/mol. The maximum absolute atomic E-state index is 13.8. The van der Waals surface area contributed by atoms with E-state index in [0.29, 0.717) is 0 Å². The number of aromatic nitrogens is 1. The maximum atomic E-state index is 13.8. The van der Waals surface area contributed by atoms with Gasteiger partial charge in [-0.3, -0.25) is 0 Å². The zero-order chi connectivity index (χ0) is 11.9. The topological polar surface area (TPSA) is 72.3 Å². The molecule has 2 aromatic rings. The summed E-state index contributed by atoms with van der Waals surface area (Å²) in [6.07, 6.45) is -0.277. The van der Waals surface area contributed by atoms with Crippen LogP contribution in [-0.2, 0) is 0 Å². The van der Waals surface area contributed by atoms with Gasteiger partial charge in [-0.25, -0.2) is 8.78 Å². The Labute approximate surface area is 89.6 Å². The predicted octanol–water partition coefficient (Wildman–Crippen LogP) is 1.49. The Balaban J connectivity index is 2.68. The summed E-state index contributed by atoms with van der Waals surface area (Å²) in [7, 11) is 0. The third-order valence-electron chi connectivity index (χ3n) is 2.38. The van der Waals surface area contributed by atoms with E-state index in [-0.39, 0.29) is 11.0 Å².